The van der Waals surface area contributed by atoms with Crippen molar-refractivity contribution in [1.29, 1.82) is 0 Å². The predicted molar refractivity (Wildman–Crippen MR) is 82.2 cm³/mol. The Hall–Kier alpha value is -2.07. The standard InChI is InChI=1S/C16H11BrO3/c1-19-14-4-2-3-12-13(18)9-15(20-16(12)14)10-5-7-11(17)8-6-10/h2-9H,1H3. The molecule has 1 aromatic heterocycles. The number of methoxy groups -OCH3 is 1. The molecule has 0 saturated heterocycles. The highest BCUT2D eigenvalue weighted by Gasteiger charge is 2.10. The molecule has 20 heavy (non-hydrogen) atoms. The van der Waals surface area contributed by atoms with E-state index in [9.17, 15) is 4.79 Å². The topological polar surface area (TPSA) is 39.4 Å². The van der Waals surface area contributed by atoms with E-state index in [1.54, 1.807) is 25.3 Å². The number of rotatable bonds is 2. The first-order chi connectivity index (χ1) is 9.69. The lowest BCUT2D eigenvalue weighted by Crippen LogP contribution is -2.01. The van der Waals surface area contributed by atoms with Gasteiger partial charge in [0.1, 0.15) is 5.76 Å². The molecule has 0 unspecified atom stereocenters. The van der Waals surface area contributed by atoms with Crippen LogP contribution in [0.5, 0.6) is 5.75 Å². The average molecular weight is 331 g/mol. The number of hydrogen-bond donors (Lipinski definition) is 0. The van der Waals surface area contributed by atoms with Gasteiger partial charge in [-0.3, -0.25) is 4.79 Å². The van der Waals surface area contributed by atoms with Crippen LogP contribution >= 0.6 is 15.9 Å². The molecule has 0 amide bonds. The molecule has 0 bridgehead atoms. The molecule has 0 N–H and O–H groups in total. The Morgan fingerprint density at radius 1 is 1.10 bits per heavy atom. The molecule has 3 aromatic rings. The quantitative estimate of drug-likeness (QED) is 0.705. The number of para-hydroxylation sites is 1. The Morgan fingerprint density at radius 2 is 1.85 bits per heavy atom. The number of hydrogen-bond acceptors (Lipinski definition) is 3. The van der Waals surface area contributed by atoms with Gasteiger partial charge in [0.05, 0.1) is 12.5 Å². The van der Waals surface area contributed by atoms with Gasteiger partial charge in [-0.2, -0.15) is 0 Å². The van der Waals surface area contributed by atoms with Crippen molar-refractivity contribution < 1.29 is 9.15 Å². The minimum absolute atomic E-state index is 0.0805. The monoisotopic (exact) mass is 330 g/mol. The van der Waals surface area contributed by atoms with Gasteiger partial charge in [0.25, 0.3) is 0 Å². The predicted octanol–water partition coefficient (Wildman–Crippen LogP) is 4.23. The molecule has 0 aliphatic rings. The van der Waals surface area contributed by atoms with Gasteiger partial charge < -0.3 is 9.15 Å². The third-order valence-corrected chi connectivity index (χ3v) is 3.60. The van der Waals surface area contributed by atoms with Crippen molar-refractivity contribution in [3.05, 3.63) is 63.2 Å². The lowest BCUT2D eigenvalue weighted by molar-refractivity contribution is 0.410. The van der Waals surface area contributed by atoms with Crippen molar-refractivity contribution in [1.82, 2.24) is 0 Å². The van der Waals surface area contributed by atoms with Crippen LogP contribution in [0.1, 0.15) is 0 Å². The fraction of sp³-hybridized carbons (Fsp3) is 0.0625. The SMILES string of the molecule is COc1cccc2c(=O)cc(-c3ccc(Br)cc3)oc12. The van der Waals surface area contributed by atoms with Crippen molar-refractivity contribution in [3.8, 4) is 17.1 Å². The molecule has 0 saturated carbocycles. The van der Waals surface area contributed by atoms with Gasteiger partial charge in [-0.25, -0.2) is 0 Å². The van der Waals surface area contributed by atoms with Crippen LogP contribution in [0.15, 0.2) is 62.2 Å². The number of ether oxygens (including phenoxy) is 1. The van der Waals surface area contributed by atoms with Crippen molar-refractivity contribution in [2.75, 3.05) is 7.11 Å². The molecule has 0 atom stereocenters. The Morgan fingerprint density at radius 3 is 2.55 bits per heavy atom. The van der Waals surface area contributed by atoms with Gasteiger partial charge in [-0.1, -0.05) is 34.1 Å². The first kappa shape index (κ1) is 12.9. The van der Waals surface area contributed by atoms with E-state index in [1.807, 2.05) is 24.3 Å². The molecule has 3 rings (SSSR count). The molecule has 0 aliphatic heterocycles. The highest BCUT2D eigenvalue weighted by Crippen LogP contribution is 2.28. The van der Waals surface area contributed by atoms with Crippen LogP contribution in [0.25, 0.3) is 22.3 Å². The van der Waals surface area contributed by atoms with Crippen LogP contribution in [0.4, 0.5) is 0 Å². The largest absolute Gasteiger partial charge is 0.493 e. The van der Waals surface area contributed by atoms with Crippen molar-refractivity contribution in [3.63, 3.8) is 0 Å². The van der Waals surface area contributed by atoms with E-state index in [0.29, 0.717) is 22.5 Å². The van der Waals surface area contributed by atoms with E-state index in [-0.39, 0.29) is 5.43 Å². The summed E-state index contributed by atoms with van der Waals surface area (Å²) in [5.74, 6) is 1.08. The van der Waals surface area contributed by atoms with Gasteiger partial charge in [0.15, 0.2) is 16.8 Å². The molecule has 1 heterocycles. The van der Waals surface area contributed by atoms with Crippen molar-refractivity contribution in [2.24, 2.45) is 0 Å². The van der Waals surface area contributed by atoms with Gasteiger partial charge in [0.2, 0.25) is 0 Å². The molecule has 3 nitrogen and oxygen atoms in total. The Labute approximate surface area is 123 Å². The zero-order valence-electron chi connectivity index (χ0n) is 10.7. The fourth-order valence-corrected chi connectivity index (χ4v) is 2.33. The van der Waals surface area contributed by atoms with E-state index in [0.717, 1.165) is 10.0 Å². The van der Waals surface area contributed by atoms with Crippen molar-refractivity contribution >= 4 is 26.9 Å². The molecule has 0 spiro atoms. The summed E-state index contributed by atoms with van der Waals surface area (Å²) >= 11 is 3.38. The van der Waals surface area contributed by atoms with Crippen LogP contribution in [-0.4, -0.2) is 7.11 Å². The summed E-state index contributed by atoms with van der Waals surface area (Å²) in [5, 5.41) is 0.519. The smallest absolute Gasteiger partial charge is 0.193 e. The third kappa shape index (κ3) is 2.23. The lowest BCUT2D eigenvalue weighted by Gasteiger charge is -2.06. The second-order valence-electron chi connectivity index (χ2n) is 4.32. The van der Waals surface area contributed by atoms with Crippen LogP contribution in [0.2, 0.25) is 0 Å². The summed E-state index contributed by atoms with van der Waals surface area (Å²) in [6, 6.07) is 14.4. The summed E-state index contributed by atoms with van der Waals surface area (Å²) in [7, 11) is 1.56. The molecule has 4 heteroatoms. The molecule has 2 aromatic carbocycles. The second-order valence-corrected chi connectivity index (χ2v) is 5.23. The molecular weight excluding hydrogens is 320 g/mol. The lowest BCUT2D eigenvalue weighted by atomic mass is 10.1. The van der Waals surface area contributed by atoms with E-state index >= 15 is 0 Å². The Balaban J connectivity index is 2.28. The summed E-state index contributed by atoms with van der Waals surface area (Å²) in [6.45, 7) is 0. The Bertz CT molecular complexity index is 819. The van der Waals surface area contributed by atoms with Gasteiger partial charge in [-0.05, 0) is 24.3 Å². The second kappa shape index (κ2) is 5.13. The van der Waals surface area contributed by atoms with E-state index in [4.69, 9.17) is 9.15 Å². The van der Waals surface area contributed by atoms with E-state index < -0.39 is 0 Å². The van der Waals surface area contributed by atoms with Gasteiger partial charge >= 0.3 is 0 Å². The first-order valence-corrected chi connectivity index (χ1v) is 6.85. The highest BCUT2D eigenvalue weighted by atomic mass is 79.9. The van der Waals surface area contributed by atoms with Crippen LogP contribution in [-0.2, 0) is 0 Å². The maximum Gasteiger partial charge on any atom is 0.193 e. The normalized spacial score (nSPS) is 10.7. The van der Waals surface area contributed by atoms with Crippen LogP contribution < -0.4 is 10.2 Å². The summed E-state index contributed by atoms with van der Waals surface area (Å²) in [4.78, 5) is 12.2. The van der Waals surface area contributed by atoms with Crippen LogP contribution in [0.3, 0.4) is 0 Å². The molecular formula is C16H11BrO3. The summed E-state index contributed by atoms with van der Waals surface area (Å²) in [6.07, 6.45) is 0. The fourth-order valence-electron chi connectivity index (χ4n) is 2.07. The first-order valence-electron chi connectivity index (χ1n) is 6.06. The maximum atomic E-state index is 12.2. The van der Waals surface area contributed by atoms with E-state index in [1.165, 1.54) is 6.07 Å². The van der Waals surface area contributed by atoms with Gasteiger partial charge in [0, 0.05) is 16.1 Å². The molecule has 0 fully saturated rings. The molecule has 0 aliphatic carbocycles. The average Bonchev–Trinajstić information content (AvgIpc) is 2.47. The molecule has 0 radical (unpaired) electrons. The minimum Gasteiger partial charge on any atom is -0.493 e. The highest BCUT2D eigenvalue weighted by molar-refractivity contribution is 9.10. The zero-order chi connectivity index (χ0) is 14.1. The number of fused-ring (bicyclic) bond motifs is 1. The number of halogens is 1. The zero-order valence-corrected chi connectivity index (χ0v) is 12.3. The van der Waals surface area contributed by atoms with Gasteiger partial charge in [-0.15, -0.1) is 0 Å². The Kier molecular flexibility index (Phi) is 3.32. The van der Waals surface area contributed by atoms with Crippen molar-refractivity contribution in [2.45, 2.75) is 0 Å². The van der Waals surface area contributed by atoms with E-state index in [2.05, 4.69) is 15.9 Å². The maximum absolute atomic E-state index is 12.2. The number of benzene rings is 2. The summed E-state index contributed by atoms with van der Waals surface area (Å²) < 4.78 is 12.1. The minimum atomic E-state index is -0.0805. The third-order valence-electron chi connectivity index (χ3n) is 3.07. The van der Waals surface area contributed by atoms with Crippen LogP contribution in [0, 0.1) is 0 Å². The molecule has 100 valence electrons. The summed E-state index contributed by atoms with van der Waals surface area (Å²) in [5.41, 5.74) is 1.24.